The number of carbonyl (C=O) groups excluding carboxylic acids is 1. The first-order valence-electron chi connectivity index (χ1n) is 9.23. The molecular weight excluding hydrogens is 390 g/mol. The van der Waals surface area contributed by atoms with Crippen LogP contribution < -0.4 is 5.32 Å². The Labute approximate surface area is 165 Å². The fourth-order valence-corrected chi connectivity index (χ4v) is 5.35. The van der Waals surface area contributed by atoms with Gasteiger partial charge in [0.2, 0.25) is 15.9 Å². The van der Waals surface area contributed by atoms with Crippen molar-refractivity contribution in [2.45, 2.75) is 43.8 Å². The van der Waals surface area contributed by atoms with E-state index in [2.05, 4.69) is 5.32 Å². The quantitative estimate of drug-likeness (QED) is 0.797. The molecule has 2 fully saturated rings. The van der Waals surface area contributed by atoms with E-state index in [0.29, 0.717) is 36.9 Å². The van der Waals surface area contributed by atoms with Crippen LogP contribution in [0.1, 0.15) is 26.7 Å². The van der Waals surface area contributed by atoms with E-state index in [-0.39, 0.29) is 29.6 Å². The molecular formula is C18H26ClN3O4S. The smallest absolute Gasteiger partial charge is 0.243 e. The molecule has 1 N–H and O–H groups in total. The van der Waals surface area contributed by atoms with E-state index >= 15 is 0 Å². The van der Waals surface area contributed by atoms with Gasteiger partial charge in [-0.05, 0) is 44.9 Å². The van der Waals surface area contributed by atoms with E-state index in [1.165, 1.54) is 22.5 Å². The van der Waals surface area contributed by atoms with Gasteiger partial charge >= 0.3 is 0 Å². The number of hydrogen-bond acceptors (Lipinski definition) is 5. The molecule has 0 unspecified atom stereocenters. The maximum absolute atomic E-state index is 12.7. The average Bonchev–Trinajstić information content (AvgIpc) is 3.11. The lowest BCUT2D eigenvalue weighted by molar-refractivity contribution is -0.121. The second-order valence-corrected chi connectivity index (χ2v) is 9.60. The number of halogens is 1. The van der Waals surface area contributed by atoms with Crippen molar-refractivity contribution < 1.29 is 17.9 Å². The predicted octanol–water partition coefficient (Wildman–Crippen LogP) is 2.17. The summed E-state index contributed by atoms with van der Waals surface area (Å²) in [5.74, 6) is -0.228. The molecule has 0 radical (unpaired) electrons. The number of ether oxygens (including phenoxy) is 1. The molecule has 0 aliphatic carbocycles. The summed E-state index contributed by atoms with van der Waals surface area (Å²) in [5, 5.41) is 3.07. The Morgan fingerprint density at radius 1 is 1.22 bits per heavy atom. The zero-order valence-electron chi connectivity index (χ0n) is 15.7. The number of nitrogens with zero attached hydrogens (tertiary/aromatic N) is 2. The van der Waals surface area contributed by atoms with Crippen molar-refractivity contribution in [3.05, 3.63) is 23.2 Å². The lowest BCUT2D eigenvalue weighted by atomic mass is 10.2. The number of hydrogen-bond donors (Lipinski definition) is 1. The predicted molar refractivity (Wildman–Crippen MR) is 105 cm³/mol. The van der Waals surface area contributed by atoms with Crippen molar-refractivity contribution in [3.63, 3.8) is 0 Å². The lowest BCUT2D eigenvalue weighted by Crippen LogP contribution is -2.48. The minimum absolute atomic E-state index is 0.0686. The Bertz CT molecular complexity index is 786. The molecule has 2 atom stereocenters. The summed E-state index contributed by atoms with van der Waals surface area (Å²) < 4.78 is 32.6. The molecule has 1 aromatic rings. The van der Waals surface area contributed by atoms with Gasteiger partial charge in [-0.3, -0.25) is 9.69 Å². The zero-order chi connectivity index (χ0) is 19.6. The van der Waals surface area contributed by atoms with Crippen LogP contribution in [0.5, 0.6) is 0 Å². The van der Waals surface area contributed by atoms with Crippen LogP contribution >= 0.6 is 11.6 Å². The van der Waals surface area contributed by atoms with Crippen LogP contribution in [0.3, 0.4) is 0 Å². The maximum atomic E-state index is 12.7. The molecule has 0 spiro atoms. The zero-order valence-corrected chi connectivity index (χ0v) is 17.2. The summed E-state index contributed by atoms with van der Waals surface area (Å²) in [6.45, 7) is 6.57. The molecule has 7 nitrogen and oxygen atoms in total. The molecule has 27 heavy (non-hydrogen) atoms. The normalized spacial score (nSPS) is 24.9. The number of sulfonamides is 1. The summed E-state index contributed by atoms with van der Waals surface area (Å²) in [5.41, 5.74) is 0.316. The first kappa shape index (κ1) is 20.5. The van der Waals surface area contributed by atoms with Gasteiger partial charge in [-0.2, -0.15) is 4.31 Å². The SMILES string of the molecule is C[C@@H]1CN(CC(=O)Nc2cc(S(=O)(=O)N3CCCC3)ccc2Cl)C[C@H](C)O1. The van der Waals surface area contributed by atoms with E-state index in [4.69, 9.17) is 16.3 Å². The third-order valence-electron chi connectivity index (χ3n) is 4.78. The number of benzene rings is 1. The van der Waals surface area contributed by atoms with Crippen LogP contribution in [0, 0.1) is 0 Å². The summed E-state index contributed by atoms with van der Waals surface area (Å²) in [7, 11) is -3.56. The van der Waals surface area contributed by atoms with Crippen LogP contribution in [0.15, 0.2) is 23.1 Å². The minimum Gasteiger partial charge on any atom is -0.373 e. The molecule has 0 aromatic heterocycles. The van der Waals surface area contributed by atoms with Crippen LogP contribution in [-0.4, -0.2) is 68.5 Å². The summed E-state index contributed by atoms with van der Waals surface area (Å²) in [4.78, 5) is 14.6. The van der Waals surface area contributed by atoms with Gasteiger partial charge < -0.3 is 10.1 Å². The minimum atomic E-state index is -3.56. The monoisotopic (exact) mass is 415 g/mol. The van der Waals surface area contributed by atoms with Gasteiger partial charge in [0.15, 0.2) is 0 Å². The molecule has 150 valence electrons. The molecule has 0 bridgehead atoms. The highest BCUT2D eigenvalue weighted by molar-refractivity contribution is 7.89. The number of amides is 1. The summed E-state index contributed by atoms with van der Waals surface area (Å²) >= 11 is 6.18. The Balaban J connectivity index is 1.70. The molecule has 0 saturated carbocycles. The highest BCUT2D eigenvalue weighted by atomic mass is 35.5. The topological polar surface area (TPSA) is 79.0 Å². The molecule has 1 amide bonds. The number of morpholine rings is 1. The maximum Gasteiger partial charge on any atom is 0.243 e. The van der Waals surface area contributed by atoms with E-state index < -0.39 is 10.0 Å². The van der Waals surface area contributed by atoms with Crippen molar-refractivity contribution in [1.82, 2.24) is 9.21 Å². The summed E-state index contributed by atoms with van der Waals surface area (Å²) in [6.07, 6.45) is 1.87. The van der Waals surface area contributed by atoms with Gasteiger partial charge in [0.25, 0.3) is 0 Å². The number of nitrogens with one attached hydrogen (secondary N) is 1. The third-order valence-corrected chi connectivity index (χ3v) is 7.00. The number of carbonyl (C=O) groups is 1. The third kappa shape index (κ3) is 5.00. The van der Waals surface area contributed by atoms with Crippen molar-refractivity contribution in [2.24, 2.45) is 0 Å². The van der Waals surface area contributed by atoms with Gasteiger partial charge in [-0.15, -0.1) is 0 Å². The van der Waals surface area contributed by atoms with Crippen molar-refractivity contribution in [2.75, 3.05) is 38.0 Å². The number of anilines is 1. The fourth-order valence-electron chi connectivity index (χ4n) is 3.64. The van der Waals surface area contributed by atoms with Gasteiger partial charge in [0.1, 0.15) is 0 Å². The van der Waals surface area contributed by atoms with Crippen LogP contribution in [0.4, 0.5) is 5.69 Å². The van der Waals surface area contributed by atoms with Crippen LogP contribution in [-0.2, 0) is 19.6 Å². The van der Waals surface area contributed by atoms with Gasteiger partial charge in [-0.25, -0.2) is 8.42 Å². The molecule has 2 heterocycles. The molecule has 1 aromatic carbocycles. The van der Waals surface area contributed by atoms with Crippen molar-refractivity contribution >= 4 is 33.2 Å². The Kier molecular flexibility index (Phi) is 6.43. The average molecular weight is 416 g/mol. The van der Waals surface area contributed by atoms with Gasteiger partial charge in [-0.1, -0.05) is 11.6 Å². The first-order chi connectivity index (χ1) is 12.8. The molecule has 9 heteroatoms. The van der Waals surface area contributed by atoms with Crippen molar-refractivity contribution in [3.8, 4) is 0 Å². The molecule has 2 aliphatic rings. The Morgan fingerprint density at radius 3 is 2.48 bits per heavy atom. The lowest BCUT2D eigenvalue weighted by Gasteiger charge is -2.34. The second kappa shape index (κ2) is 8.45. The highest BCUT2D eigenvalue weighted by Crippen LogP contribution is 2.28. The molecule has 2 saturated heterocycles. The van der Waals surface area contributed by atoms with Crippen molar-refractivity contribution in [1.29, 1.82) is 0 Å². The van der Waals surface area contributed by atoms with Gasteiger partial charge in [0, 0.05) is 26.2 Å². The molecule has 3 rings (SSSR count). The van der Waals surface area contributed by atoms with Crippen LogP contribution in [0.2, 0.25) is 5.02 Å². The first-order valence-corrected chi connectivity index (χ1v) is 11.0. The Hall–Kier alpha value is -1.19. The standard InChI is InChI=1S/C18H26ClN3O4S/c1-13-10-21(11-14(2)26-13)12-18(23)20-17-9-15(5-6-16(17)19)27(24,25)22-7-3-4-8-22/h5-6,9,13-14H,3-4,7-8,10-12H2,1-2H3,(H,20,23)/t13-,14+. The van der Waals surface area contributed by atoms with Crippen LogP contribution in [0.25, 0.3) is 0 Å². The van der Waals surface area contributed by atoms with E-state index in [1.54, 1.807) is 0 Å². The molecule has 2 aliphatic heterocycles. The largest absolute Gasteiger partial charge is 0.373 e. The number of rotatable bonds is 5. The van der Waals surface area contributed by atoms with E-state index in [9.17, 15) is 13.2 Å². The Morgan fingerprint density at radius 2 is 1.85 bits per heavy atom. The van der Waals surface area contributed by atoms with Gasteiger partial charge in [0.05, 0.1) is 34.4 Å². The summed E-state index contributed by atoms with van der Waals surface area (Å²) in [6, 6.07) is 4.44. The fraction of sp³-hybridized carbons (Fsp3) is 0.611. The van der Waals surface area contributed by atoms with E-state index in [1.807, 2.05) is 18.7 Å². The van der Waals surface area contributed by atoms with E-state index in [0.717, 1.165) is 12.8 Å². The highest BCUT2D eigenvalue weighted by Gasteiger charge is 2.28. The second-order valence-electron chi connectivity index (χ2n) is 7.25.